The molecule has 0 spiro atoms. The summed E-state index contributed by atoms with van der Waals surface area (Å²) in [5, 5.41) is 4.33. The SMILES string of the molecule is CC1(C)[C@H]2CC[C@@H](Cn3cccn3)[C@@H]1C2. The van der Waals surface area contributed by atoms with Gasteiger partial charge in [-0.1, -0.05) is 13.8 Å². The van der Waals surface area contributed by atoms with Gasteiger partial charge in [0.25, 0.3) is 0 Å². The van der Waals surface area contributed by atoms with Crippen molar-refractivity contribution in [1.82, 2.24) is 9.78 Å². The van der Waals surface area contributed by atoms with Crippen LogP contribution in [0.15, 0.2) is 18.5 Å². The van der Waals surface area contributed by atoms with Crippen LogP contribution in [0.4, 0.5) is 0 Å². The normalized spacial score (nSPS) is 37.3. The van der Waals surface area contributed by atoms with Gasteiger partial charge in [-0.2, -0.15) is 5.10 Å². The van der Waals surface area contributed by atoms with Crippen LogP contribution in [0.25, 0.3) is 0 Å². The van der Waals surface area contributed by atoms with Crippen LogP contribution >= 0.6 is 0 Å². The molecule has 3 fully saturated rings. The summed E-state index contributed by atoms with van der Waals surface area (Å²) >= 11 is 0. The van der Waals surface area contributed by atoms with Crippen LogP contribution in [-0.4, -0.2) is 9.78 Å². The first-order valence-electron chi connectivity index (χ1n) is 6.15. The summed E-state index contributed by atoms with van der Waals surface area (Å²) in [4.78, 5) is 0. The van der Waals surface area contributed by atoms with Crippen LogP contribution in [0.5, 0.6) is 0 Å². The fraction of sp³-hybridized carbons (Fsp3) is 0.769. The highest BCUT2D eigenvalue weighted by atomic mass is 15.3. The van der Waals surface area contributed by atoms with Gasteiger partial charge in [-0.05, 0) is 48.5 Å². The third kappa shape index (κ3) is 1.34. The predicted molar refractivity (Wildman–Crippen MR) is 60.3 cm³/mol. The van der Waals surface area contributed by atoms with E-state index in [0.717, 1.165) is 24.3 Å². The number of fused-ring (bicyclic) bond motifs is 2. The molecular weight excluding hydrogens is 184 g/mol. The number of aromatic nitrogens is 2. The van der Waals surface area contributed by atoms with Crippen molar-refractivity contribution in [3.05, 3.63) is 18.5 Å². The third-order valence-corrected chi connectivity index (χ3v) is 4.98. The quantitative estimate of drug-likeness (QED) is 0.724. The van der Waals surface area contributed by atoms with Gasteiger partial charge < -0.3 is 0 Å². The van der Waals surface area contributed by atoms with Crippen molar-refractivity contribution in [2.24, 2.45) is 23.2 Å². The maximum atomic E-state index is 4.33. The monoisotopic (exact) mass is 204 g/mol. The lowest BCUT2D eigenvalue weighted by Crippen LogP contribution is -2.53. The Bertz CT molecular complexity index is 337. The number of nitrogens with zero attached hydrogens (tertiary/aromatic N) is 2. The van der Waals surface area contributed by atoms with E-state index in [1.54, 1.807) is 0 Å². The van der Waals surface area contributed by atoms with Gasteiger partial charge >= 0.3 is 0 Å². The Morgan fingerprint density at radius 1 is 1.40 bits per heavy atom. The van der Waals surface area contributed by atoms with E-state index in [0.29, 0.717) is 5.41 Å². The number of hydrogen-bond acceptors (Lipinski definition) is 1. The highest BCUT2D eigenvalue weighted by Gasteiger charge is 2.53. The smallest absolute Gasteiger partial charge is 0.0489 e. The van der Waals surface area contributed by atoms with Crippen LogP contribution < -0.4 is 0 Å². The van der Waals surface area contributed by atoms with Gasteiger partial charge in [0.2, 0.25) is 0 Å². The van der Waals surface area contributed by atoms with Gasteiger partial charge in [0, 0.05) is 18.9 Å². The van der Waals surface area contributed by atoms with E-state index < -0.39 is 0 Å². The second kappa shape index (κ2) is 3.10. The van der Waals surface area contributed by atoms with Crippen LogP contribution in [0.2, 0.25) is 0 Å². The fourth-order valence-electron chi connectivity index (χ4n) is 3.83. The Labute approximate surface area is 91.7 Å². The predicted octanol–water partition coefficient (Wildman–Crippen LogP) is 2.96. The highest BCUT2D eigenvalue weighted by Crippen LogP contribution is 2.61. The van der Waals surface area contributed by atoms with E-state index in [4.69, 9.17) is 0 Å². The van der Waals surface area contributed by atoms with Crippen molar-refractivity contribution in [3.8, 4) is 0 Å². The van der Waals surface area contributed by atoms with E-state index >= 15 is 0 Å². The summed E-state index contributed by atoms with van der Waals surface area (Å²) in [5.74, 6) is 2.82. The molecular formula is C13H20N2. The van der Waals surface area contributed by atoms with E-state index in [2.05, 4.69) is 29.8 Å². The van der Waals surface area contributed by atoms with Crippen LogP contribution in [0, 0.1) is 23.2 Å². The minimum absolute atomic E-state index is 0.607. The molecule has 15 heavy (non-hydrogen) atoms. The maximum Gasteiger partial charge on any atom is 0.0489 e. The molecule has 2 nitrogen and oxygen atoms in total. The largest absolute Gasteiger partial charge is 0.272 e. The molecule has 1 heterocycles. The second-order valence-electron chi connectivity index (χ2n) is 5.93. The van der Waals surface area contributed by atoms with Gasteiger partial charge in [-0.25, -0.2) is 0 Å². The Kier molecular flexibility index (Phi) is 1.95. The zero-order valence-electron chi connectivity index (χ0n) is 9.69. The van der Waals surface area contributed by atoms with Gasteiger partial charge in [0.15, 0.2) is 0 Å². The topological polar surface area (TPSA) is 17.8 Å². The lowest BCUT2D eigenvalue weighted by atomic mass is 9.45. The molecule has 4 rings (SSSR count). The minimum atomic E-state index is 0.607. The molecule has 2 bridgehead atoms. The first kappa shape index (κ1) is 9.44. The molecule has 3 aliphatic carbocycles. The van der Waals surface area contributed by atoms with Crippen molar-refractivity contribution < 1.29 is 0 Å². The first-order valence-corrected chi connectivity index (χ1v) is 6.15. The molecule has 0 amide bonds. The molecule has 2 heteroatoms. The Hall–Kier alpha value is -0.790. The van der Waals surface area contributed by atoms with Gasteiger partial charge in [-0.3, -0.25) is 4.68 Å². The molecule has 0 aromatic carbocycles. The molecule has 0 N–H and O–H groups in total. The lowest BCUT2D eigenvalue weighted by Gasteiger charge is -2.60. The fourth-order valence-corrected chi connectivity index (χ4v) is 3.83. The summed E-state index contributed by atoms with van der Waals surface area (Å²) in [5.41, 5.74) is 0.607. The number of rotatable bonds is 2. The van der Waals surface area contributed by atoms with E-state index in [1.807, 2.05) is 12.3 Å². The summed E-state index contributed by atoms with van der Waals surface area (Å²) in [6.45, 7) is 6.05. The standard InChI is InChI=1S/C13H20N2/c1-13(2)11-5-4-10(12(13)8-11)9-15-7-3-6-14-15/h3,6-7,10-12H,4-5,8-9H2,1-2H3/t10-,11-,12-/m0/s1. The van der Waals surface area contributed by atoms with Crippen molar-refractivity contribution in [2.75, 3.05) is 0 Å². The molecule has 1 aromatic rings. The van der Waals surface area contributed by atoms with E-state index in [-0.39, 0.29) is 0 Å². The van der Waals surface area contributed by atoms with Crippen molar-refractivity contribution >= 4 is 0 Å². The molecule has 3 saturated carbocycles. The second-order valence-corrected chi connectivity index (χ2v) is 5.93. The molecule has 1 aromatic heterocycles. The third-order valence-electron chi connectivity index (χ3n) is 4.98. The average molecular weight is 204 g/mol. The Balaban J connectivity index is 1.72. The Morgan fingerprint density at radius 3 is 2.87 bits per heavy atom. The molecule has 0 aliphatic heterocycles. The zero-order chi connectivity index (χ0) is 10.5. The zero-order valence-corrected chi connectivity index (χ0v) is 9.69. The Morgan fingerprint density at radius 2 is 2.27 bits per heavy atom. The number of hydrogen-bond donors (Lipinski definition) is 0. The molecule has 82 valence electrons. The maximum absolute atomic E-state index is 4.33. The van der Waals surface area contributed by atoms with Gasteiger partial charge in [0.05, 0.1) is 0 Å². The van der Waals surface area contributed by atoms with E-state index in [9.17, 15) is 0 Å². The van der Waals surface area contributed by atoms with Crippen LogP contribution in [-0.2, 0) is 6.54 Å². The minimum Gasteiger partial charge on any atom is -0.272 e. The molecule has 3 atom stereocenters. The van der Waals surface area contributed by atoms with Crippen molar-refractivity contribution in [2.45, 2.75) is 39.7 Å². The average Bonchev–Trinajstić information content (AvgIpc) is 2.70. The van der Waals surface area contributed by atoms with Crippen molar-refractivity contribution in [1.29, 1.82) is 0 Å². The molecule has 0 radical (unpaired) electrons. The molecule has 3 aliphatic rings. The van der Waals surface area contributed by atoms with Crippen LogP contribution in [0.3, 0.4) is 0 Å². The summed E-state index contributed by atoms with van der Waals surface area (Å²) < 4.78 is 2.11. The highest BCUT2D eigenvalue weighted by molar-refractivity contribution is 5.03. The summed E-state index contributed by atoms with van der Waals surface area (Å²) in [7, 11) is 0. The summed E-state index contributed by atoms with van der Waals surface area (Å²) in [6, 6.07) is 2.03. The van der Waals surface area contributed by atoms with Crippen molar-refractivity contribution in [3.63, 3.8) is 0 Å². The lowest BCUT2D eigenvalue weighted by molar-refractivity contribution is -0.109. The van der Waals surface area contributed by atoms with Gasteiger partial charge in [-0.15, -0.1) is 0 Å². The van der Waals surface area contributed by atoms with E-state index in [1.165, 1.54) is 19.3 Å². The molecule has 0 saturated heterocycles. The van der Waals surface area contributed by atoms with Gasteiger partial charge in [0.1, 0.15) is 0 Å². The molecule has 0 unspecified atom stereocenters. The van der Waals surface area contributed by atoms with Crippen LogP contribution in [0.1, 0.15) is 33.1 Å². The first-order chi connectivity index (χ1) is 7.18. The summed E-state index contributed by atoms with van der Waals surface area (Å²) in [6.07, 6.45) is 8.31.